The number of benzene rings is 2. The van der Waals surface area contributed by atoms with E-state index in [4.69, 9.17) is 9.84 Å². The van der Waals surface area contributed by atoms with Crippen LogP contribution >= 0.6 is 0 Å². The van der Waals surface area contributed by atoms with Crippen molar-refractivity contribution in [2.24, 2.45) is 0 Å². The molecule has 0 aromatic heterocycles. The van der Waals surface area contributed by atoms with E-state index in [0.717, 1.165) is 37.9 Å². The predicted molar refractivity (Wildman–Crippen MR) is 100 cm³/mol. The van der Waals surface area contributed by atoms with Gasteiger partial charge in [-0.2, -0.15) is 0 Å². The van der Waals surface area contributed by atoms with Gasteiger partial charge in [-0.25, -0.2) is 0 Å². The lowest BCUT2D eigenvalue weighted by atomic mass is 10.0. The number of aryl methyl sites for hydroxylation is 1. The van der Waals surface area contributed by atoms with E-state index < -0.39 is 0 Å². The van der Waals surface area contributed by atoms with Crippen molar-refractivity contribution in [3.05, 3.63) is 65.2 Å². The van der Waals surface area contributed by atoms with Crippen LogP contribution in [0, 0.1) is 0 Å². The Balaban J connectivity index is 1.73. The molecule has 0 aliphatic heterocycles. The fraction of sp³-hybridized carbons (Fsp3) is 0.364. The van der Waals surface area contributed by atoms with Crippen LogP contribution in [0.5, 0.6) is 5.75 Å². The minimum Gasteiger partial charge on any atom is -0.494 e. The Morgan fingerprint density at radius 1 is 0.917 bits per heavy atom. The molecule has 0 heterocycles. The minimum absolute atomic E-state index is 0.270. The third kappa shape index (κ3) is 4.48. The van der Waals surface area contributed by atoms with E-state index in [2.05, 4.69) is 54.6 Å². The second kappa shape index (κ2) is 8.70. The fourth-order valence-electron chi connectivity index (χ4n) is 3.21. The number of allylic oxidation sites excluding steroid dienone is 1. The molecule has 1 aliphatic rings. The molecule has 0 radical (unpaired) electrons. The minimum atomic E-state index is 0.270. The number of aliphatic hydroxyl groups is 1. The number of hydrogen-bond acceptors (Lipinski definition) is 2. The van der Waals surface area contributed by atoms with Crippen molar-refractivity contribution >= 4 is 11.6 Å². The van der Waals surface area contributed by atoms with Crippen LogP contribution in [0.2, 0.25) is 0 Å². The van der Waals surface area contributed by atoms with Gasteiger partial charge in [-0.15, -0.1) is 0 Å². The molecule has 1 aliphatic carbocycles. The largest absolute Gasteiger partial charge is 0.494 e. The SMILES string of the molecule is OCCCCCOc1ccc2c(c1)C=C(c1ccccc1)CCC2. The molecule has 0 saturated heterocycles. The first kappa shape index (κ1) is 16.8. The molecule has 0 fully saturated rings. The maximum atomic E-state index is 8.81. The predicted octanol–water partition coefficient (Wildman–Crippen LogP) is 5.10. The van der Waals surface area contributed by atoms with E-state index in [9.17, 15) is 0 Å². The molecule has 2 aromatic carbocycles. The molecule has 0 saturated carbocycles. The second-order valence-corrected chi connectivity index (χ2v) is 6.38. The summed E-state index contributed by atoms with van der Waals surface area (Å²) in [6, 6.07) is 17.1. The van der Waals surface area contributed by atoms with Crippen LogP contribution in [0.4, 0.5) is 0 Å². The van der Waals surface area contributed by atoms with Crippen LogP contribution in [0.1, 0.15) is 48.8 Å². The molecule has 1 N–H and O–H groups in total. The van der Waals surface area contributed by atoms with Gasteiger partial charge in [0.2, 0.25) is 0 Å². The maximum absolute atomic E-state index is 8.81. The molecule has 0 unspecified atom stereocenters. The number of hydrogen-bond donors (Lipinski definition) is 1. The summed E-state index contributed by atoms with van der Waals surface area (Å²) < 4.78 is 5.89. The average Bonchev–Trinajstić information content (AvgIpc) is 2.84. The van der Waals surface area contributed by atoms with E-state index >= 15 is 0 Å². The van der Waals surface area contributed by atoms with Gasteiger partial charge in [0, 0.05) is 6.61 Å². The lowest BCUT2D eigenvalue weighted by Gasteiger charge is -2.10. The summed E-state index contributed by atoms with van der Waals surface area (Å²) >= 11 is 0. The normalized spacial score (nSPS) is 13.8. The molecule has 24 heavy (non-hydrogen) atoms. The van der Waals surface area contributed by atoms with Crippen LogP contribution < -0.4 is 4.74 Å². The van der Waals surface area contributed by atoms with Crippen LogP contribution in [-0.2, 0) is 6.42 Å². The third-order valence-electron chi connectivity index (χ3n) is 4.56. The summed E-state index contributed by atoms with van der Waals surface area (Å²) in [5.41, 5.74) is 5.43. The zero-order valence-electron chi connectivity index (χ0n) is 14.2. The summed E-state index contributed by atoms with van der Waals surface area (Å²) in [7, 11) is 0. The van der Waals surface area contributed by atoms with Crippen molar-refractivity contribution in [2.75, 3.05) is 13.2 Å². The topological polar surface area (TPSA) is 29.5 Å². The molecule has 0 atom stereocenters. The van der Waals surface area contributed by atoms with E-state index in [0.29, 0.717) is 6.61 Å². The number of ether oxygens (including phenoxy) is 1. The molecular weight excluding hydrogens is 296 g/mol. The lowest BCUT2D eigenvalue weighted by Crippen LogP contribution is -1.99. The first-order chi connectivity index (χ1) is 11.9. The quantitative estimate of drug-likeness (QED) is 0.718. The molecule has 2 aromatic rings. The molecule has 3 rings (SSSR count). The Kier molecular flexibility index (Phi) is 6.08. The highest BCUT2D eigenvalue weighted by molar-refractivity contribution is 5.83. The van der Waals surface area contributed by atoms with Gasteiger partial charge in [0.15, 0.2) is 0 Å². The van der Waals surface area contributed by atoms with Gasteiger partial charge >= 0.3 is 0 Å². The molecule has 2 nitrogen and oxygen atoms in total. The highest BCUT2D eigenvalue weighted by atomic mass is 16.5. The summed E-state index contributed by atoms with van der Waals surface area (Å²) in [4.78, 5) is 0. The zero-order chi connectivity index (χ0) is 16.6. The smallest absolute Gasteiger partial charge is 0.119 e. The van der Waals surface area contributed by atoms with Gasteiger partial charge in [-0.05, 0) is 72.9 Å². The van der Waals surface area contributed by atoms with Crippen LogP contribution in [0.15, 0.2) is 48.5 Å². The summed E-state index contributed by atoms with van der Waals surface area (Å²) in [6.07, 6.45) is 8.62. The van der Waals surface area contributed by atoms with Gasteiger partial charge in [0.1, 0.15) is 5.75 Å². The summed E-state index contributed by atoms with van der Waals surface area (Å²) in [5, 5.41) is 8.81. The average molecular weight is 322 g/mol. The van der Waals surface area contributed by atoms with Crippen LogP contribution in [-0.4, -0.2) is 18.3 Å². The standard InChI is InChI=1S/C22H26O2/c23-14-5-2-6-15-24-22-13-12-19-10-7-11-20(16-21(19)17-22)18-8-3-1-4-9-18/h1,3-4,8-9,12-13,16-17,23H,2,5-7,10-11,14-15H2. The second-order valence-electron chi connectivity index (χ2n) is 6.38. The number of rotatable bonds is 7. The molecular formula is C22H26O2. The molecule has 2 heteroatoms. The van der Waals surface area contributed by atoms with Gasteiger partial charge in [0.25, 0.3) is 0 Å². The van der Waals surface area contributed by atoms with Crippen LogP contribution in [0.3, 0.4) is 0 Å². The van der Waals surface area contributed by atoms with E-state index in [1.807, 2.05) is 0 Å². The molecule has 126 valence electrons. The van der Waals surface area contributed by atoms with Crippen LogP contribution in [0.25, 0.3) is 11.6 Å². The van der Waals surface area contributed by atoms with Gasteiger partial charge in [0.05, 0.1) is 6.61 Å². The third-order valence-corrected chi connectivity index (χ3v) is 4.56. The Bertz CT molecular complexity index is 674. The molecule has 0 bridgehead atoms. The van der Waals surface area contributed by atoms with Crippen molar-refractivity contribution < 1.29 is 9.84 Å². The Hall–Kier alpha value is -2.06. The van der Waals surface area contributed by atoms with Crippen molar-refractivity contribution in [3.63, 3.8) is 0 Å². The zero-order valence-corrected chi connectivity index (χ0v) is 14.2. The van der Waals surface area contributed by atoms with Gasteiger partial charge in [-0.3, -0.25) is 0 Å². The number of aliphatic hydroxyl groups excluding tert-OH is 1. The lowest BCUT2D eigenvalue weighted by molar-refractivity contribution is 0.266. The Morgan fingerprint density at radius 3 is 2.62 bits per heavy atom. The van der Waals surface area contributed by atoms with E-state index in [1.165, 1.54) is 28.7 Å². The highest BCUT2D eigenvalue weighted by Gasteiger charge is 2.11. The van der Waals surface area contributed by atoms with Crippen molar-refractivity contribution in [2.45, 2.75) is 38.5 Å². The van der Waals surface area contributed by atoms with Gasteiger partial charge < -0.3 is 9.84 Å². The van der Waals surface area contributed by atoms with E-state index in [-0.39, 0.29) is 6.61 Å². The van der Waals surface area contributed by atoms with Gasteiger partial charge in [-0.1, -0.05) is 42.5 Å². The van der Waals surface area contributed by atoms with Crippen molar-refractivity contribution in [3.8, 4) is 5.75 Å². The monoisotopic (exact) mass is 322 g/mol. The highest BCUT2D eigenvalue weighted by Crippen LogP contribution is 2.31. The first-order valence-electron chi connectivity index (χ1n) is 8.99. The summed E-state index contributed by atoms with van der Waals surface area (Å²) in [5.74, 6) is 0.948. The number of unbranched alkanes of at least 4 members (excludes halogenated alkanes) is 2. The fourth-order valence-corrected chi connectivity index (χ4v) is 3.21. The summed E-state index contributed by atoms with van der Waals surface area (Å²) in [6.45, 7) is 0.986. The molecule has 0 spiro atoms. The maximum Gasteiger partial charge on any atom is 0.119 e. The van der Waals surface area contributed by atoms with E-state index in [1.54, 1.807) is 0 Å². The Labute approximate surface area is 144 Å². The first-order valence-corrected chi connectivity index (χ1v) is 8.99. The van der Waals surface area contributed by atoms with Crippen molar-refractivity contribution in [1.29, 1.82) is 0 Å². The van der Waals surface area contributed by atoms with Crippen molar-refractivity contribution in [1.82, 2.24) is 0 Å². The number of fused-ring (bicyclic) bond motifs is 1. The Morgan fingerprint density at radius 2 is 1.79 bits per heavy atom. The molecule has 0 amide bonds.